The minimum absolute atomic E-state index is 0.507. The Morgan fingerprint density at radius 1 is 1.12 bits per heavy atom. The quantitative estimate of drug-likeness (QED) is 0.746. The van der Waals surface area contributed by atoms with Gasteiger partial charge in [-0.3, -0.25) is 0 Å². The Kier molecular flexibility index (Phi) is 5.84. The fourth-order valence-corrected chi connectivity index (χ4v) is 2.25. The monoisotopic (exact) mass is 347 g/mol. The molecule has 1 aromatic carbocycles. The van der Waals surface area contributed by atoms with Gasteiger partial charge >= 0.3 is 0 Å². The van der Waals surface area contributed by atoms with Gasteiger partial charge in [0.15, 0.2) is 0 Å². The third-order valence-corrected chi connectivity index (χ3v) is 3.69. The Balaban J connectivity index is 2.55. The van der Waals surface area contributed by atoms with Gasteiger partial charge in [0, 0.05) is 20.7 Å². The molecule has 16 heavy (non-hydrogen) atoms. The van der Waals surface area contributed by atoms with Crippen LogP contribution in [0.3, 0.4) is 0 Å². The smallest absolute Gasteiger partial charge is 0.0497 e. The Morgan fingerprint density at radius 3 is 2.44 bits per heavy atom. The lowest BCUT2D eigenvalue weighted by Gasteiger charge is -2.17. The first-order chi connectivity index (χ1) is 7.49. The van der Waals surface area contributed by atoms with E-state index in [0.29, 0.717) is 6.04 Å². The highest BCUT2D eigenvalue weighted by Crippen LogP contribution is 2.27. The Hall–Kier alpha value is -0.0200. The first kappa shape index (κ1) is 14.0. The molecular formula is C13H19Br2N. The number of rotatable bonds is 5. The normalized spacial score (nSPS) is 12.9. The van der Waals surface area contributed by atoms with Gasteiger partial charge in [0.2, 0.25) is 0 Å². The molecule has 0 aliphatic carbocycles. The van der Waals surface area contributed by atoms with Crippen molar-refractivity contribution in [2.75, 3.05) is 5.32 Å². The minimum Gasteiger partial charge on any atom is -0.382 e. The zero-order valence-corrected chi connectivity index (χ0v) is 13.2. The van der Waals surface area contributed by atoms with Crippen LogP contribution in [0.25, 0.3) is 0 Å². The molecule has 1 rings (SSSR count). The van der Waals surface area contributed by atoms with Crippen LogP contribution in [0.2, 0.25) is 0 Å². The standard InChI is InChI=1S/C13H19Br2N/c1-9(2)4-5-10(3)16-13-8-11(14)6-7-12(13)15/h6-10,16H,4-5H2,1-3H3. The van der Waals surface area contributed by atoms with Crippen molar-refractivity contribution in [3.8, 4) is 0 Å². The second kappa shape index (κ2) is 6.65. The molecule has 0 amide bonds. The lowest BCUT2D eigenvalue weighted by molar-refractivity contribution is 0.527. The molecule has 0 aliphatic heterocycles. The number of benzene rings is 1. The summed E-state index contributed by atoms with van der Waals surface area (Å²) in [6, 6.07) is 6.71. The maximum Gasteiger partial charge on any atom is 0.0497 e. The molecule has 3 heteroatoms. The van der Waals surface area contributed by atoms with Crippen LogP contribution < -0.4 is 5.32 Å². The van der Waals surface area contributed by atoms with Gasteiger partial charge in [0.25, 0.3) is 0 Å². The van der Waals surface area contributed by atoms with Crippen molar-refractivity contribution < 1.29 is 0 Å². The van der Waals surface area contributed by atoms with E-state index < -0.39 is 0 Å². The second-order valence-corrected chi connectivity index (χ2v) is 6.41. The highest BCUT2D eigenvalue weighted by atomic mass is 79.9. The van der Waals surface area contributed by atoms with E-state index in [9.17, 15) is 0 Å². The molecule has 0 aromatic heterocycles. The van der Waals surface area contributed by atoms with Gasteiger partial charge in [-0.05, 0) is 59.8 Å². The lowest BCUT2D eigenvalue weighted by atomic mass is 10.0. The molecule has 1 N–H and O–H groups in total. The van der Waals surface area contributed by atoms with Gasteiger partial charge in [-0.15, -0.1) is 0 Å². The van der Waals surface area contributed by atoms with E-state index in [1.54, 1.807) is 0 Å². The maximum atomic E-state index is 3.56. The van der Waals surface area contributed by atoms with Crippen LogP contribution in [0, 0.1) is 5.92 Å². The second-order valence-electron chi connectivity index (χ2n) is 4.64. The predicted molar refractivity (Wildman–Crippen MR) is 79.0 cm³/mol. The molecular weight excluding hydrogens is 330 g/mol. The largest absolute Gasteiger partial charge is 0.382 e. The molecule has 0 fully saturated rings. The van der Waals surface area contributed by atoms with Gasteiger partial charge in [-0.25, -0.2) is 0 Å². The summed E-state index contributed by atoms with van der Waals surface area (Å²) in [4.78, 5) is 0. The number of nitrogens with one attached hydrogen (secondary N) is 1. The van der Waals surface area contributed by atoms with Gasteiger partial charge < -0.3 is 5.32 Å². The lowest BCUT2D eigenvalue weighted by Crippen LogP contribution is -2.16. The highest BCUT2D eigenvalue weighted by Gasteiger charge is 2.06. The molecule has 0 heterocycles. The van der Waals surface area contributed by atoms with Crippen molar-refractivity contribution in [2.45, 2.75) is 39.7 Å². The van der Waals surface area contributed by atoms with Crippen molar-refractivity contribution in [3.05, 3.63) is 27.1 Å². The van der Waals surface area contributed by atoms with Crippen LogP contribution in [-0.2, 0) is 0 Å². The predicted octanol–water partition coefficient (Wildman–Crippen LogP) is 5.45. The fourth-order valence-electron chi connectivity index (χ4n) is 1.53. The van der Waals surface area contributed by atoms with E-state index >= 15 is 0 Å². The molecule has 0 spiro atoms. The summed E-state index contributed by atoms with van der Waals surface area (Å²) in [6.45, 7) is 6.76. The summed E-state index contributed by atoms with van der Waals surface area (Å²) in [5, 5.41) is 3.53. The summed E-state index contributed by atoms with van der Waals surface area (Å²) >= 11 is 7.04. The van der Waals surface area contributed by atoms with E-state index in [2.05, 4.69) is 70.1 Å². The number of halogens is 2. The number of hydrogen-bond donors (Lipinski definition) is 1. The van der Waals surface area contributed by atoms with Gasteiger partial charge in [-0.1, -0.05) is 29.8 Å². The molecule has 0 saturated heterocycles. The van der Waals surface area contributed by atoms with Crippen molar-refractivity contribution in [1.82, 2.24) is 0 Å². The molecule has 1 nitrogen and oxygen atoms in total. The molecule has 1 atom stereocenters. The molecule has 0 radical (unpaired) electrons. The van der Waals surface area contributed by atoms with Crippen LogP contribution >= 0.6 is 31.9 Å². The SMILES string of the molecule is CC(C)CCC(C)Nc1cc(Br)ccc1Br. The van der Waals surface area contributed by atoms with Crippen molar-refractivity contribution in [1.29, 1.82) is 0 Å². The third kappa shape index (κ3) is 4.88. The van der Waals surface area contributed by atoms with Gasteiger partial charge in [0.05, 0.1) is 0 Å². The highest BCUT2D eigenvalue weighted by molar-refractivity contribution is 9.11. The topological polar surface area (TPSA) is 12.0 Å². The van der Waals surface area contributed by atoms with Crippen molar-refractivity contribution in [3.63, 3.8) is 0 Å². The first-order valence-electron chi connectivity index (χ1n) is 5.70. The Bertz CT molecular complexity index is 337. The molecule has 0 bridgehead atoms. The molecule has 1 unspecified atom stereocenters. The summed E-state index contributed by atoms with van der Waals surface area (Å²) in [5.74, 6) is 0.773. The summed E-state index contributed by atoms with van der Waals surface area (Å²) in [5.41, 5.74) is 1.16. The fraction of sp³-hybridized carbons (Fsp3) is 0.538. The number of anilines is 1. The van der Waals surface area contributed by atoms with Crippen LogP contribution in [0.1, 0.15) is 33.6 Å². The van der Waals surface area contributed by atoms with E-state index in [1.807, 2.05) is 6.07 Å². The summed E-state index contributed by atoms with van der Waals surface area (Å²) < 4.78 is 2.22. The Morgan fingerprint density at radius 2 is 1.81 bits per heavy atom. The first-order valence-corrected chi connectivity index (χ1v) is 7.29. The number of hydrogen-bond acceptors (Lipinski definition) is 1. The van der Waals surface area contributed by atoms with Crippen molar-refractivity contribution >= 4 is 37.5 Å². The van der Waals surface area contributed by atoms with E-state index in [0.717, 1.165) is 20.6 Å². The summed E-state index contributed by atoms with van der Waals surface area (Å²) in [7, 11) is 0. The molecule has 0 aliphatic rings. The maximum absolute atomic E-state index is 3.56. The zero-order chi connectivity index (χ0) is 12.1. The zero-order valence-electron chi connectivity index (χ0n) is 10.1. The van der Waals surface area contributed by atoms with Gasteiger partial charge in [-0.2, -0.15) is 0 Å². The Labute approximate surface area is 115 Å². The van der Waals surface area contributed by atoms with Crippen molar-refractivity contribution in [2.24, 2.45) is 5.92 Å². The summed E-state index contributed by atoms with van der Waals surface area (Å²) in [6.07, 6.45) is 2.47. The van der Waals surface area contributed by atoms with Crippen LogP contribution in [0.4, 0.5) is 5.69 Å². The molecule has 1 aromatic rings. The van der Waals surface area contributed by atoms with Crippen LogP contribution in [-0.4, -0.2) is 6.04 Å². The molecule has 90 valence electrons. The average Bonchev–Trinajstić information content (AvgIpc) is 2.20. The van der Waals surface area contributed by atoms with Gasteiger partial charge in [0.1, 0.15) is 0 Å². The van der Waals surface area contributed by atoms with E-state index in [1.165, 1.54) is 12.8 Å². The third-order valence-electron chi connectivity index (χ3n) is 2.51. The van der Waals surface area contributed by atoms with E-state index in [-0.39, 0.29) is 0 Å². The van der Waals surface area contributed by atoms with E-state index in [4.69, 9.17) is 0 Å². The molecule has 0 saturated carbocycles. The minimum atomic E-state index is 0.507. The average molecular weight is 349 g/mol. The van der Waals surface area contributed by atoms with Crippen LogP contribution in [0.15, 0.2) is 27.1 Å². The van der Waals surface area contributed by atoms with Crippen LogP contribution in [0.5, 0.6) is 0 Å².